The number of β-amino-alcohol motifs (C(OH)–C–C–N with tert-alkyl or cyclic N) is 1. The molecule has 0 aromatic heterocycles. The van der Waals surface area contributed by atoms with Gasteiger partial charge in [0.25, 0.3) is 0 Å². The maximum absolute atomic E-state index is 10.7. The Morgan fingerprint density at radius 2 is 1.94 bits per heavy atom. The van der Waals surface area contributed by atoms with E-state index >= 15 is 0 Å². The maximum Gasteiger partial charge on any atom is 0.194 e. The molecule has 0 saturated carbocycles. The monoisotopic (exact) mass is 436 g/mol. The summed E-state index contributed by atoms with van der Waals surface area (Å²) in [4.78, 5) is 9.46. The van der Waals surface area contributed by atoms with Crippen molar-refractivity contribution in [3.05, 3.63) is 65.2 Å². The standard InChI is InChI=1S/C26H36N4O2/c1-3-27-26(30-15-13-23(18-30)21-8-10-25(32-2)11-9-21)28-16-24(31)19-29-14-12-20-6-4-5-7-22(20)17-29/h4-11,23-24,31H,3,12-19H2,1-2H3,(H,27,28). The van der Waals surface area contributed by atoms with E-state index in [1.807, 2.05) is 12.1 Å². The van der Waals surface area contributed by atoms with Gasteiger partial charge in [0, 0.05) is 45.2 Å². The lowest BCUT2D eigenvalue weighted by Gasteiger charge is -2.30. The molecule has 2 atom stereocenters. The van der Waals surface area contributed by atoms with Gasteiger partial charge in [-0.15, -0.1) is 0 Å². The van der Waals surface area contributed by atoms with Gasteiger partial charge in [-0.1, -0.05) is 36.4 Å². The summed E-state index contributed by atoms with van der Waals surface area (Å²) < 4.78 is 5.28. The number of ether oxygens (including phenoxy) is 1. The highest BCUT2D eigenvalue weighted by atomic mass is 16.5. The molecule has 0 amide bonds. The van der Waals surface area contributed by atoms with Crippen LogP contribution in [0.25, 0.3) is 0 Å². The number of aliphatic hydroxyl groups excluding tert-OH is 1. The maximum atomic E-state index is 10.7. The zero-order valence-corrected chi connectivity index (χ0v) is 19.3. The summed E-state index contributed by atoms with van der Waals surface area (Å²) in [7, 11) is 1.70. The van der Waals surface area contributed by atoms with Crippen LogP contribution in [0.5, 0.6) is 5.75 Å². The Kier molecular flexibility index (Phi) is 7.66. The minimum atomic E-state index is -0.464. The van der Waals surface area contributed by atoms with Gasteiger partial charge in [-0.2, -0.15) is 0 Å². The van der Waals surface area contributed by atoms with Crippen LogP contribution in [0.15, 0.2) is 53.5 Å². The number of methoxy groups -OCH3 is 1. The number of benzene rings is 2. The number of aliphatic imine (C=N–C) groups is 1. The lowest BCUT2D eigenvalue weighted by Crippen LogP contribution is -2.41. The van der Waals surface area contributed by atoms with E-state index in [1.54, 1.807) is 7.11 Å². The molecule has 2 aliphatic rings. The predicted molar refractivity (Wildman–Crippen MR) is 129 cm³/mol. The number of hydrogen-bond donors (Lipinski definition) is 2. The lowest BCUT2D eigenvalue weighted by molar-refractivity contribution is 0.111. The Morgan fingerprint density at radius 1 is 1.16 bits per heavy atom. The number of nitrogens with zero attached hydrogens (tertiary/aromatic N) is 3. The minimum Gasteiger partial charge on any atom is -0.497 e. The van der Waals surface area contributed by atoms with Crippen molar-refractivity contribution in [3.8, 4) is 5.75 Å². The second kappa shape index (κ2) is 10.8. The van der Waals surface area contributed by atoms with Crippen LogP contribution in [0.4, 0.5) is 0 Å². The smallest absolute Gasteiger partial charge is 0.194 e. The van der Waals surface area contributed by atoms with E-state index in [0.29, 0.717) is 19.0 Å². The first-order chi connectivity index (χ1) is 15.7. The van der Waals surface area contributed by atoms with Gasteiger partial charge >= 0.3 is 0 Å². The number of guanidine groups is 1. The molecule has 6 heteroatoms. The average Bonchev–Trinajstić information content (AvgIpc) is 3.32. The molecular formula is C26H36N4O2. The van der Waals surface area contributed by atoms with Crippen LogP contribution in [-0.4, -0.2) is 73.3 Å². The van der Waals surface area contributed by atoms with Crippen molar-refractivity contribution in [2.75, 3.05) is 46.4 Å². The molecule has 2 N–H and O–H groups in total. The van der Waals surface area contributed by atoms with Crippen LogP contribution in [-0.2, 0) is 13.0 Å². The zero-order chi connectivity index (χ0) is 22.3. The van der Waals surface area contributed by atoms with Gasteiger partial charge in [0.1, 0.15) is 5.75 Å². The summed E-state index contributed by atoms with van der Waals surface area (Å²) in [5, 5.41) is 14.1. The van der Waals surface area contributed by atoms with Gasteiger partial charge in [-0.25, -0.2) is 0 Å². The number of aliphatic hydroxyl groups is 1. The number of nitrogens with one attached hydrogen (secondary N) is 1. The van der Waals surface area contributed by atoms with Crippen LogP contribution < -0.4 is 10.1 Å². The van der Waals surface area contributed by atoms with Gasteiger partial charge in [-0.05, 0) is 48.6 Å². The third-order valence-corrected chi connectivity index (χ3v) is 6.54. The minimum absolute atomic E-state index is 0.421. The summed E-state index contributed by atoms with van der Waals surface area (Å²) in [5.74, 6) is 2.29. The van der Waals surface area contributed by atoms with E-state index in [0.717, 1.165) is 57.3 Å². The first-order valence-corrected chi connectivity index (χ1v) is 11.8. The van der Waals surface area contributed by atoms with Crippen molar-refractivity contribution in [2.24, 2.45) is 4.99 Å². The van der Waals surface area contributed by atoms with Crippen LogP contribution in [0.2, 0.25) is 0 Å². The Hall–Kier alpha value is -2.57. The van der Waals surface area contributed by atoms with Crippen molar-refractivity contribution >= 4 is 5.96 Å². The average molecular weight is 437 g/mol. The molecule has 2 unspecified atom stereocenters. The number of fused-ring (bicyclic) bond motifs is 1. The van der Waals surface area contributed by atoms with E-state index in [1.165, 1.54) is 16.7 Å². The summed E-state index contributed by atoms with van der Waals surface area (Å²) >= 11 is 0. The fourth-order valence-corrected chi connectivity index (χ4v) is 4.78. The molecule has 4 rings (SSSR count). The Labute approximate surface area is 191 Å². The second-order valence-electron chi connectivity index (χ2n) is 8.81. The van der Waals surface area contributed by atoms with Crippen LogP contribution in [0.1, 0.15) is 36.0 Å². The Balaban J connectivity index is 1.31. The van der Waals surface area contributed by atoms with Crippen molar-refractivity contribution in [3.63, 3.8) is 0 Å². The number of likely N-dealkylation sites (tertiary alicyclic amines) is 1. The highest BCUT2D eigenvalue weighted by Crippen LogP contribution is 2.28. The van der Waals surface area contributed by atoms with E-state index < -0.39 is 6.10 Å². The fraction of sp³-hybridized carbons (Fsp3) is 0.500. The largest absolute Gasteiger partial charge is 0.497 e. The van der Waals surface area contributed by atoms with Gasteiger partial charge in [0.05, 0.1) is 19.8 Å². The fourth-order valence-electron chi connectivity index (χ4n) is 4.78. The molecule has 0 spiro atoms. The van der Waals surface area contributed by atoms with Crippen molar-refractivity contribution < 1.29 is 9.84 Å². The quantitative estimate of drug-likeness (QED) is 0.516. The summed E-state index contributed by atoms with van der Waals surface area (Å²) in [6.45, 7) is 7.81. The Morgan fingerprint density at radius 3 is 2.69 bits per heavy atom. The van der Waals surface area contributed by atoms with E-state index in [4.69, 9.17) is 9.73 Å². The van der Waals surface area contributed by atoms with Crippen LogP contribution in [0, 0.1) is 0 Å². The van der Waals surface area contributed by atoms with Gasteiger partial charge in [-0.3, -0.25) is 9.89 Å². The van der Waals surface area contributed by atoms with Gasteiger partial charge < -0.3 is 20.1 Å². The highest BCUT2D eigenvalue weighted by Gasteiger charge is 2.26. The molecule has 1 saturated heterocycles. The van der Waals surface area contributed by atoms with Crippen molar-refractivity contribution in [1.29, 1.82) is 0 Å². The molecule has 0 radical (unpaired) electrons. The molecule has 2 heterocycles. The first kappa shape index (κ1) is 22.6. The Bertz CT molecular complexity index is 899. The van der Waals surface area contributed by atoms with Crippen LogP contribution >= 0.6 is 0 Å². The third kappa shape index (κ3) is 5.61. The van der Waals surface area contributed by atoms with E-state index in [9.17, 15) is 5.11 Å². The molecule has 2 aromatic rings. The molecule has 2 aromatic carbocycles. The number of rotatable bonds is 7. The zero-order valence-electron chi connectivity index (χ0n) is 19.3. The molecule has 32 heavy (non-hydrogen) atoms. The molecular weight excluding hydrogens is 400 g/mol. The SMILES string of the molecule is CCNC(=NCC(O)CN1CCc2ccccc2C1)N1CCC(c2ccc(OC)cc2)C1. The van der Waals surface area contributed by atoms with E-state index in [-0.39, 0.29) is 0 Å². The van der Waals surface area contributed by atoms with E-state index in [2.05, 4.69) is 58.4 Å². The molecule has 1 fully saturated rings. The molecule has 0 bridgehead atoms. The molecule has 2 aliphatic heterocycles. The van der Waals surface area contributed by atoms with Crippen molar-refractivity contribution in [1.82, 2.24) is 15.1 Å². The normalized spacial score (nSPS) is 20.2. The second-order valence-corrected chi connectivity index (χ2v) is 8.81. The van der Waals surface area contributed by atoms with Gasteiger partial charge in [0.2, 0.25) is 0 Å². The third-order valence-electron chi connectivity index (χ3n) is 6.54. The first-order valence-electron chi connectivity index (χ1n) is 11.8. The highest BCUT2D eigenvalue weighted by molar-refractivity contribution is 5.80. The molecule has 0 aliphatic carbocycles. The summed E-state index contributed by atoms with van der Waals surface area (Å²) in [5.41, 5.74) is 4.16. The van der Waals surface area contributed by atoms with Gasteiger partial charge in [0.15, 0.2) is 5.96 Å². The molecule has 6 nitrogen and oxygen atoms in total. The van der Waals surface area contributed by atoms with Crippen LogP contribution in [0.3, 0.4) is 0 Å². The molecule has 172 valence electrons. The topological polar surface area (TPSA) is 60.3 Å². The summed E-state index contributed by atoms with van der Waals surface area (Å²) in [6.07, 6.45) is 1.69. The lowest BCUT2D eigenvalue weighted by atomic mass is 9.98. The van der Waals surface area contributed by atoms with Crippen molar-refractivity contribution in [2.45, 2.75) is 38.3 Å². The summed E-state index contributed by atoms with van der Waals surface area (Å²) in [6, 6.07) is 17.0. The number of hydrogen-bond acceptors (Lipinski definition) is 4. The predicted octanol–water partition coefficient (Wildman–Crippen LogP) is 2.87.